The van der Waals surface area contributed by atoms with Gasteiger partial charge in [0.25, 0.3) is 5.69 Å². The zero-order chi connectivity index (χ0) is 25.6. The first-order valence-corrected chi connectivity index (χ1v) is 10.4. The fourth-order valence-corrected chi connectivity index (χ4v) is 3.92. The number of alkyl halides is 3. The Balaban J connectivity index is 2.16. The molecule has 1 N–H and O–H groups in total. The summed E-state index contributed by atoms with van der Waals surface area (Å²) in [6.07, 6.45) is -4.44. The van der Waals surface area contributed by atoms with Crippen molar-refractivity contribution < 1.29 is 37.5 Å². The number of aliphatic hydroxyl groups excluding tert-OH is 1. The number of nitrogens with zero attached hydrogens (tertiary/aromatic N) is 1. The van der Waals surface area contributed by atoms with Gasteiger partial charge in [-0.1, -0.05) is 13.0 Å². The standard InChI is InChI=1S/C24H24F3NO6/c1-6-13-7-9-15(33-18-10-8-14(28(31)32)11-17(18)24(25,26)27)12-16(13)19-20(29)22(2,3)34-23(4,5)21(19)30/h7-12,29H,6H2,1-5H3. The maximum atomic E-state index is 13.6. The molecule has 34 heavy (non-hydrogen) atoms. The highest BCUT2D eigenvalue weighted by Gasteiger charge is 2.47. The number of nitro groups is 1. The first-order chi connectivity index (χ1) is 15.6. The first-order valence-electron chi connectivity index (χ1n) is 10.4. The van der Waals surface area contributed by atoms with Crippen LogP contribution in [0.2, 0.25) is 0 Å². The van der Waals surface area contributed by atoms with Crippen molar-refractivity contribution >= 4 is 17.0 Å². The van der Waals surface area contributed by atoms with Crippen molar-refractivity contribution in [3.8, 4) is 11.5 Å². The molecule has 1 aliphatic rings. The Labute approximate surface area is 194 Å². The number of benzene rings is 2. The molecule has 10 heteroatoms. The number of aliphatic hydroxyl groups is 1. The second-order valence-corrected chi connectivity index (χ2v) is 8.89. The smallest absolute Gasteiger partial charge is 0.420 e. The van der Waals surface area contributed by atoms with Crippen LogP contribution in [0.25, 0.3) is 5.57 Å². The Hall–Kier alpha value is -3.40. The molecule has 0 bridgehead atoms. The zero-order valence-corrected chi connectivity index (χ0v) is 19.2. The van der Waals surface area contributed by atoms with Gasteiger partial charge in [-0.3, -0.25) is 14.9 Å². The number of carbonyl (C=O) groups excluding carboxylic acids is 1. The van der Waals surface area contributed by atoms with Crippen molar-refractivity contribution in [1.29, 1.82) is 0 Å². The summed E-state index contributed by atoms with van der Waals surface area (Å²) in [5, 5.41) is 21.8. The predicted molar refractivity (Wildman–Crippen MR) is 118 cm³/mol. The van der Waals surface area contributed by atoms with Crippen LogP contribution in [-0.4, -0.2) is 27.0 Å². The van der Waals surface area contributed by atoms with E-state index in [1.165, 1.54) is 12.1 Å². The third-order valence-corrected chi connectivity index (χ3v) is 5.53. The zero-order valence-electron chi connectivity index (χ0n) is 19.2. The molecule has 0 saturated heterocycles. The third-order valence-electron chi connectivity index (χ3n) is 5.53. The molecule has 0 unspecified atom stereocenters. The molecule has 1 heterocycles. The second kappa shape index (κ2) is 8.43. The molecule has 0 saturated carbocycles. The van der Waals surface area contributed by atoms with Gasteiger partial charge in [0.15, 0.2) is 5.78 Å². The molecule has 0 aliphatic carbocycles. The normalized spacial score (nSPS) is 17.6. The quantitative estimate of drug-likeness (QED) is 0.394. The van der Waals surface area contributed by atoms with Gasteiger partial charge in [-0.05, 0) is 63.4 Å². The highest BCUT2D eigenvalue weighted by Crippen LogP contribution is 2.43. The van der Waals surface area contributed by atoms with E-state index in [2.05, 4.69) is 0 Å². The number of Topliss-reactive ketones (excluding diaryl/α,β-unsaturated/α-hetero) is 1. The molecular weight excluding hydrogens is 455 g/mol. The largest absolute Gasteiger partial charge is 0.508 e. The van der Waals surface area contributed by atoms with Gasteiger partial charge in [0.1, 0.15) is 34.0 Å². The maximum Gasteiger partial charge on any atom is 0.420 e. The lowest BCUT2D eigenvalue weighted by molar-refractivity contribution is -0.385. The van der Waals surface area contributed by atoms with E-state index >= 15 is 0 Å². The molecule has 0 amide bonds. The summed E-state index contributed by atoms with van der Waals surface area (Å²) in [7, 11) is 0. The number of ketones is 1. The number of hydrogen-bond donors (Lipinski definition) is 1. The summed E-state index contributed by atoms with van der Waals surface area (Å²) in [5.41, 5.74) is -3.50. The molecule has 0 spiro atoms. The van der Waals surface area contributed by atoms with Crippen molar-refractivity contribution in [3.63, 3.8) is 0 Å². The highest BCUT2D eigenvalue weighted by molar-refractivity contribution is 6.26. The number of non-ortho nitro benzene ring substituents is 1. The average molecular weight is 479 g/mol. The topological polar surface area (TPSA) is 98.9 Å². The summed E-state index contributed by atoms with van der Waals surface area (Å²) in [5.74, 6) is -1.45. The van der Waals surface area contributed by atoms with Gasteiger partial charge in [-0.25, -0.2) is 0 Å². The van der Waals surface area contributed by atoms with Gasteiger partial charge in [0.05, 0.1) is 10.5 Å². The van der Waals surface area contributed by atoms with Gasteiger partial charge >= 0.3 is 6.18 Å². The van der Waals surface area contributed by atoms with E-state index in [-0.39, 0.29) is 17.1 Å². The van der Waals surface area contributed by atoms with Crippen LogP contribution in [0.3, 0.4) is 0 Å². The van der Waals surface area contributed by atoms with Gasteiger partial charge < -0.3 is 14.6 Å². The molecule has 0 atom stereocenters. The first kappa shape index (κ1) is 25.2. The van der Waals surface area contributed by atoms with E-state index in [4.69, 9.17) is 9.47 Å². The number of hydrogen-bond acceptors (Lipinski definition) is 6. The molecule has 2 aromatic carbocycles. The number of carbonyl (C=O) groups is 1. The highest BCUT2D eigenvalue weighted by atomic mass is 19.4. The molecule has 0 fully saturated rings. The Morgan fingerprint density at radius 1 is 1.09 bits per heavy atom. The van der Waals surface area contributed by atoms with Crippen molar-refractivity contribution in [2.45, 2.75) is 58.4 Å². The summed E-state index contributed by atoms with van der Waals surface area (Å²) in [6, 6.07) is 6.58. The lowest BCUT2D eigenvalue weighted by Gasteiger charge is -2.40. The Bertz CT molecular complexity index is 1200. The van der Waals surface area contributed by atoms with Crippen molar-refractivity contribution in [2.75, 3.05) is 0 Å². The minimum atomic E-state index is -4.90. The van der Waals surface area contributed by atoms with Gasteiger partial charge in [-0.2, -0.15) is 13.2 Å². The van der Waals surface area contributed by atoms with E-state index in [1.54, 1.807) is 33.8 Å². The van der Waals surface area contributed by atoms with E-state index in [9.17, 15) is 33.2 Å². The summed E-state index contributed by atoms with van der Waals surface area (Å²) >= 11 is 0. The second-order valence-electron chi connectivity index (χ2n) is 8.89. The summed E-state index contributed by atoms with van der Waals surface area (Å²) in [4.78, 5) is 23.2. The van der Waals surface area contributed by atoms with Crippen LogP contribution < -0.4 is 4.74 Å². The van der Waals surface area contributed by atoms with Crippen LogP contribution in [0.4, 0.5) is 18.9 Å². The molecule has 0 aromatic heterocycles. The van der Waals surface area contributed by atoms with Crippen LogP contribution in [0.5, 0.6) is 11.5 Å². The van der Waals surface area contributed by atoms with Crippen LogP contribution >= 0.6 is 0 Å². The van der Waals surface area contributed by atoms with Crippen LogP contribution in [0.1, 0.15) is 51.3 Å². The summed E-state index contributed by atoms with van der Waals surface area (Å²) in [6.45, 7) is 8.18. The fourth-order valence-electron chi connectivity index (χ4n) is 3.92. The maximum absolute atomic E-state index is 13.6. The van der Waals surface area contributed by atoms with E-state index in [0.717, 1.165) is 12.1 Å². The SMILES string of the molecule is CCc1ccc(Oc2ccc([N+](=O)[O-])cc2C(F)(F)F)cc1C1=C(O)C(C)(C)OC(C)(C)C1=O. The van der Waals surface area contributed by atoms with Crippen molar-refractivity contribution in [3.05, 3.63) is 69.0 Å². The molecular formula is C24H24F3NO6. The average Bonchev–Trinajstić information content (AvgIpc) is 2.71. The molecule has 2 aromatic rings. The summed E-state index contributed by atoms with van der Waals surface area (Å²) < 4.78 is 51.9. The monoisotopic (exact) mass is 479 g/mol. The third kappa shape index (κ3) is 4.63. The van der Waals surface area contributed by atoms with Crippen LogP contribution in [0, 0.1) is 10.1 Å². The van der Waals surface area contributed by atoms with E-state index in [0.29, 0.717) is 23.6 Å². The molecule has 1 aliphatic heterocycles. The number of aryl methyl sites for hydroxylation is 1. The molecule has 7 nitrogen and oxygen atoms in total. The molecule has 3 rings (SSSR count). The minimum absolute atomic E-state index is 0.00305. The molecule has 182 valence electrons. The van der Waals surface area contributed by atoms with Crippen molar-refractivity contribution in [1.82, 2.24) is 0 Å². The van der Waals surface area contributed by atoms with Gasteiger partial charge in [0, 0.05) is 12.1 Å². The van der Waals surface area contributed by atoms with E-state index < -0.39 is 45.1 Å². The van der Waals surface area contributed by atoms with Crippen LogP contribution in [-0.2, 0) is 22.1 Å². The van der Waals surface area contributed by atoms with Gasteiger partial charge in [0.2, 0.25) is 0 Å². The van der Waals surface area contributed by atoms with E-state index in [1.807, 2.05) is 6.92 Å². The fraction of sp³-hybridized carbons (Fsp3) is 0.375. The minimum Gasteiger partial charge on any atom is -0.508 e. The number of halogens is 3. The Morgan fingerprint density at radius 3 is 2.29 bits per heavy atom. The van der Waals surface area contributed by atoms with Crippen LogP contribution in [0.15, 0.2) is 42.2 Å². The number of rotatable bonds is 5. The lowest BCUT2D eigenvalue weighted by Crippen LogP contribution is -2.49. The van der Waals surface area contributed by atoms with Gasteiger partial charge in [-0.15, -0.1) is 0 Å². The predicted octanol–water partition coefficient (Wildman–Crippen LogP) is 6.39. The number of ether oxygens (including phenoxy) is 2. The Kier molecular flexibility index (Phi) is 6.25. The Morgan fingerprint density at radius 2 is 1.74 bits per heavy atom. The lowest BCUT2D eigenvalue weighted by atomic mass is 9.81. The molecule has 0 radical (unpaired) electrons. The van der Waals surface area contributed by atoms with Crippen molar-refractivity contribution in [2.24, 2.45) is 0 Å². The number of nitro benzene ring substituents is 1.